The maximum absolute atomic E-state index is 13.1. The number of fused-ring (bicyclic) bond motifs is 1. The summed E-state index contributed by atoms with van der Waals surface area (Å²) in [6.07, 6.45) is 4.28. The highest BCUT2D eigenvalue weighted by atomic mass is 19.1. The monoisotopic (exact) mass is 420 g/mol. The first-order chi connectivity index (χ1) is 14.7. The van der Waals surface area contributed by atoms with Gasteiger partial charge in [-0.15, -0.1) is 0 Å². The summed E-state index contributed by atoms with van der Waals surface area (Å²) in [6, 6.07) is 5.34. The van der Waals surface area contributed by atoms with Crippen LogP contribution in [0.5, 0.6) is 0 Å². The van der Waals surface area contributed by atoms with E-state index in [2.05, 4.69) is 15.3 Å². The van der Waals surface area contributed by atoms with Gasteiger partial charge in [-0.3, -0.25) is 9.78 Å². The van der Waals surface area contributed by atoms with Crippen molar-refractivity contribution in [3.8, 4) is 11.1 Å². The Labute approximate surface area is 182 Å². The Kier molecular flexibility index (Phi) is 5.60. The number of pyridine rings is 3. The fourth-order valence-electron chi connectivity index (χ4n) is 3.90. The normalized spacial score (nSPS) is 19.9. The Morgan fingerprint density at radius 3 is 2.68 bits per heavy atom. The SMILES string of the molecule is [B]C(O)(CCC)c1cc(C)c(-c2cc3cnc(NCC4CC4F)cc3n(C)c2=O)cn1. The molecule has 160 valence electrons. The van der Waals surface area contributed by atoms with Crippen molar-refractivity contribution in [3.05, 3.63) is 52.2 Å². The molecule has 2 N–H and O–H groups in total. The minimum Gasteiger partial charge on any atom is -0.394 e. The van der Waals surface area contributed by atoms with Crippen molar-refractivity contribution in [3.63, 3.8) is 0 Å². The summed E-state index contributed by atoms with van der Waals surface area (Å²) in [5.74, 6) is 0.667. The Bertz CT molecular complexity index is 1190. The number of aliphatic hydroxyl groups is 1. The van der Waals surface area contributed by atoms with Crippen LogP contribution in [0.4, 0.5) is 10.2 Å². The summed E-state index contributed by atoms with van der Waals surface area (Å²) < 4.78 is 14.7. The summed E-state index contributed by atoms with van der Waals surface area (Å²) in [6.45, 7) is 4.35. The first kappa shape index (κ1) is 21.5. The third-order valence-electron chi connectivity index (χ3n) is 5.97. The molecule has 0 bridgehead atoms. The molecule has 1 saturated carbocycles. The molecular weight excluding hydrogens is 394 g/mol. The van der Waals surface area contributed by atoms with Crippen LogP contribution in [0, 0.1) is 12.8 Å². The second-order valence-electron chi connectivity index (χ2n) is 8.50. The minimum atomic E-state index is -1.50. The molecule has 1 fully saturated rings. The highest BCUT2D eigenvalue weighted by Crippen LogP contribution is 2.34. The van der Waals surface area contributed by atoms with Gasteiger partial charge in [0.1, 0.15) is 19.8 Å². The van der Waals surface area contributed by atoms with Gasteiger partial charge in [0.15, 0.2) is 0 Å². The van der Waals surface area contributed by atoms with E-state index in [1.54, 1.807) is 36.1 Å². The number of aromatic nitrogens is 3. The quantitative estimate of drug-likeness (QED) is 0.574. The zero-order chi connectivity index (χ0) is 22.3. The summed E-state index contributed by atoms with van der Waals surface area (Å²) in [4.78, 5) is 21.9. The number of nitrogens with one attached hydrogen (secondary N) is 1. The maximum Gasteiger partial charge on any atom is 0.258 e. The standard InChI is InChI=1S/C23H26BFN4O2/c1-4-5-23(24,31)20-6-13(2)17(12-26-20)16-7-15-11-28-21(27-10-14-8-18(14)25)9-19(15)29(3)22(16)30/h6-7,9,11-12,14,18,31H,4-5,8,10H2,1-3H3,(H,27,28). The number of rotatable bonds is 7. The summed E-state index contributed by atoms with van der Waals surface area (Å²) >= 11 is 0. The molecule has 3 unspecified atom stereocenters. The average Bonchev–Trinajstić information content (AvgIpc) is 3.44. The number of aryl methyl sites for hydroxylation is 2. The van der Waals surface area contributed by atoms with E-state index in [0.29, 0.717) is 42.0 Å². The molecule has 1 aliphatic rings. The number of alkyl halides is 1. The van der Waals surface area contributed by atoms with Crippen LogP contribution in [0.1, 0.15) is 37.4 Å². The molecular formula is C23H26BFN4O2. The fraction of sp³-hybridized carbons (Fsp3) is 0.435. The van der Waals surface area contributed by atoms with Gasteiger partial charge in [-0.1, -0.05) is 13.3 Å². The predicted octanol–water partition coefficient (Wildman–Crippen LogP) is 3.19. The lowest BCUT2D eigenvalue weighted by molar-refractivity contribution is 0.112. The number of nitrogens with zero attached hydrogens (tertiary/aromatic N) is 3. The van der Waals surface area contributed by atoms with Crippen molar-refractivity contribution in [2.24, 2.45) is 13.0 Å². The van der Waals surface area contributed by atoms with Crippen molar-refractivity contribution in [2.75, 3.05) is 11.9 Å². The van der Waals surface area contributed by atoms with E-state index in [9.17, 15) is 14.3 Å². The third-order valence-corrected chi connectivity index (χ3v) is 5.97. The van der Waals surface area contributed by atoms with Crippen LogP contribution in [-0.2, 0) is 12.5 Å². The van der Waals surface area contributed by atoms with Gasteiger partial charge in [0.05, 0.1) is 16.7 Å². The van der Waals surface area contributed by atoms with Gasteiger partial charge >= 0.3 is 0 Å². The van der Waals surface area contributed by atoms with E-state index in [1.807, 2.05) is 19.9 Å². The number of anilines is 1. The molecule has 3 aromatic rings. The van der Waals surface area contributed by atoms with Crippen LogP contribution in [0.2, 0.25) is 0 Å². The molecule has 0 aliphatic heterocycles. The molecule has 4 rings (SSSR count). The lowest BCUT2D eigenvalue weighted by Gasteiger charge is -2.23. The molecule has 3 aromatic heterocycles. The van der Waals surface area contributed by atoms with Crippen molar-refractivity contribution in [2.45, 2.75) is 44.8 Å². The zero-order valence-corrected chi connectivity index (χ0v) is 18.0. The summed E-state index contributed by atoms with van der Waals surface area (Å²) in [7, 11) is 7.71. The molecule has 8 heteroatoms. The van der Waals surface area contributed by atoms with E-state index < -0.39 is 11.7 Å². The van der Waals surface area contributed by atoms with Gasteiger partial charge in [-0.05, 0) is 37.5 Å². The van der Waals surface area contributed by atoms with E-state index in [0.717, 1.165) is 22.9 Å². The van der Waals surface area contributed by atoms with E-state index >= 15 is 0 Å². The molecule has 3 heterocycles. The van der Waals surface area contributed by atoms with E-state index in [1.165, 1.54) is 0 Å². The summed E-state index contributed by atoms with van der Waals surface area (Å²) in [5, 5.41) is 14.4. The third kappa shape index (κ3) is 4.21. The lowest BCUT2D eigenvalue weighted by Crippen LogP contribution is -2.27. The highest BCUT2D eigenvalue weighted by molar-refractivity contribution is 6.14. The molecule has 2 radical (unpaired) electrons. The topological polar surface area (TPSA) is 80.0 Å². The molecule has 6 nitrogen and oxygen atoms in total. The van der Waals surface area contributed by atoms with Crippen molar-refractivity contribution in [1.29, 1.82) is 0 Å². The van der Waals surface area contributed by atoms with Crippen LogP contribution in [0.3, 0.4) is 0 Å². The molecule has 0 aromatic carbocycles. The largest absolute Gasteiger partial charge is 0.394 e. The smallest absolute Gasteiger partial charge is 0.258 e. The van der Waals surface area contributed by atoms with Crippen LogP contribution in [-0.4, -0.2) is 40.2 Å². The van der Waals surface area contributed by atoms with Crippen molar-refractivity contribution < 1.29 is 9.50 Å². The molecule has 1 aliphatic carbocycles. The number of hydrogen-bond acceptors (Lipinski definition) is 5. The van der Waals surface area contributed by atoms with Gasteiger partial charge in [-0.2, -0.15) is 0 Å². The Morgan fingerprint density at radius 1 is 1.29 bits per heavy atom. The first-order valence-electron chi connectivity index (χ1n) is 10.6. The Hall–Kier alpha value is -2.74. The second-order valence-corrected chi connectivity index (χ2v) is 8.50. The van der Waals surface area contributed by atoms with Gasteiger partial charge < -0.3 is 15.0 Å². The average molecular weight is 420 g/mol. The van der Waals surface area contributed by atoms with Crippen molar-refractivity contribution in [1.82, 2.24) is 14.5 Å². The minimum absolute atomic E-state index is 0.0469. The van der Waals surface area contributed by atoms with Crippen LogP contribution in [0.15, 0.2) is 35.4 Å². The van der Waals surface area contributed by atoms with Crippen molar-refractivity contribution >= 4 is 24.6 Å². The second kappa shape index (κ2) is 8.07. The van der Waals surface area contributed by atoms with E-state index in [4.69, 9.17) is 7.85 Å². The van der Waals surface area contributed by atoms with Gasteiger partial charge in [0.2, 0.25) is 0 Å². The zero-order valence-electron chi connectivity index (χ0n) is 18.0. The highest BCUT2D eigenvalue weighted by Gasteiger charge is 2.36. The number of hydrogen-bond donors (Lipinski definition) is 2. The van der Waals surface area contributed by atoms with E-state index in [-0.39, 0.29) is 11.5 Å². The predicted molar refractivity (Wildman–Crippen MR) is 121 cm³/mol. The van der Waals surface area contributed by atoms with Crippen LogP contribution >= 0.6 is 0 Å². The summed E-state index contributed by atoms with van der Waals surface area (Å²) in [5.41, 5.74) is 1.45. The maximum atomic E-state index is 13.1. The Balaban J connectivity index is 1.69. The number of halogens is 1. The van der Waals surface area contributed by atoms with Gasteiger partial charge in [0.25, 0.3) is 5.56 Å². The van der Waals surface area contributed by atoms with Crippen LogP contribution < -0.4 is 10.9 Å². The Morgan fingerprint density at radius 2 is 2.03 bits per heavy atom. The molecule has 31 heavy (non-hydrogen) atoms. The van der Waals surface area contributed by atoms with Gasteiger partial charge in [-0.25, -0.2) is 9.37 Å². The fourth-order valence-corrected chi connectivity index (χ4v) is 3.90. The molecule has 0 saturated heterocycles. The van der Waals surface area contributed by atoms with Crippen LogP contribution in [0.25, 0.3) is 22.0 Å². The molecule has 0 spiro atoms. The molecule has 0 amide bonds. The lowest BCUT2D eigenvalue weighted by atomic mass is 9.74. The first-order valence-corrected chi connectivity index (χ1v) is 10.6. The van der Waals surface area contributed by atoms with Gasteiger partial charge in [0, 0.05) is 54.5 Å². The molecule has 3 atom stereocenters.